The van der Waals surface area contributed by atoms with Crippen LogP contribution in [0.3, 0.4) is 0 Å². The molecular weight excluding hydrogens is 905 g/mol. The molecule has 2 spiro atoms. The number of allylic oxidation sites excluding steroid dienone is 1. The van der Waals surface area contributed by atoms with E-state index >= 15 is 0 Å². The summed E-state index contributed by atoms with van der Waals surface area (Å²) in [7, 11) is 0. The maximum absolute atomic E-state index is 12.8. The Morgan fingerprint density at radius 2 is 1.38 bits per heavy atom. The molecule has 9 aliphatic rings. The van der Waals surface area contributed by atoms with E-state index in [4.69, 9.17) is 47.4 Å². The lowest BCUT2D eigenvalue weighted by atomic mass is 9.35. The van der Waals surface area contributed by atoms with Crippen molar-refractivity contribution in [3.8, 4) is 0 Å². The molecule has 0 amide bonds. The van der Waals surface area contributed by atoms with Gasteiger partial charge in [0.1, 0.15) is 48.8 Å². The summed E-state index contributed by atoms with van der Waals surface area (Å²) in [6, 6.07) is 0. The number of aliphatic hydroxyl groups is 7. The molecule has 5 aliphatic heterocycles. The molecule has 69 heavy (non-hydrogen) atoms. The van der Waals surface area contributed by atoms with Crippen molar-refractivity contribution < 1.29 is 92.7 Å². The van der Waals surface area contributed by atoms with Crippen LogP contribution in [0.25, 0.3) is 0 Å². The average Bonchev–Trinajstić information content (AvgIpc) is 3.78. The Morgan fingerprint density at radius 3 is 2.06 bits per heavy atom. The summed E-state index contributed by atoms with van der Waals surface area (Å²) in [6.07, 6.45) is -11.8. The second kappa shape index (κ2) is 18.5. The summed E-state index contributed by atoms with van der Waals surface area (Å²) in [5.74, 6) is -1.59. The van der Waals surface area contributed by atoms with Gasteiger partial charge < -0.3 is 83.1 Å². The summed E-state index contributed by atoms with van der Waals surface area (Å²) in [4.78, 5) is 25.1. The standard InChI is InChI=1S/C50H78O19/c1-23(2)16-26-17-48(9,59)41-27-10-11-32-46(7)14-13-33(45(5,6)31(46)12-15-47(32,8)49(27)21-50(41,69-26)62-22-49)66-44-40(64-25(4)53)37(29(55)20-61-44)67-43-36(58)39(38(63-24(3)52)30(18-51)65-43)68-42-35(57)34(56)28(54)19-60-42/h16,26-44,51,54-59H,10-15,17-22H2,1-9H3/t26-,27+,28-,29-,30+,31-,32+,33-,34+,35+,36+,37+,38+,39-,40-,41-,42+,43-,44+,46-,47+,48-,49-,50-/m0/s1. The SMILES string of the molecule is CC(=O)O[C@@H]1[C@@H](O[C@H]2CC[C@]3(C)[C@H]4CC[C@@H]5[C@@H]6[C@]7(C[C@@]5(CO7)[C@]4(C)CC[C@H]3C2(C)C)O[C@@H](C=C(C)C)C[C@]6(C)O)OC[C@H](O)[C@H]1O[C@@H]1O[C@H](CO)[C@@H](OC(C)=O)[C@@H](O[C@H]2OC[C@H](O)[C@@H](O)[C@H]2O)[C@H]1O. The van der Waals surface area contributed by atoms with Crippen LogP contribution in [-0.2, 0) is 57.0 Å². The van der Waals surface area contributed by atoms with Crippen molar-refractivity contribution in [2.45, 2.75) is 217 Å². The number of fused-ring (bicyclic) bond motifs is 4. The molecule has 19 nitrogen and oxygen atoms in total. The fourth-order valence-corrected chi connectivity index (χ4v) is 16.2. The van der Waals surface area contributed by atoms with Gasteiger partial charge in [-0.05, 0) is 93.3 Å². The van der Waals surface area contributed by atoms with Crippen molar-refractivity contribution in [3.05, 3.63) is 11.6 Å². The van der Waals surface area contributed by atoms with Crippen molar-refractivity contribution in [3.63, 3.8) is 0 Å². The van der Waals surface area contributed by atoms with E-state index < -0.39 is 122 Å². The van der Waals surface area contributed by atoms with Gasteiger partial charge >= 0.3 is 11.9 Å². The summed E-state index contributed by atoms with van der Waals surface area (Å²) < 4.78 is 61.7. The molecule has 9 rings (SSSR count). The number of esters is 2. The second-order valence-electron chi connectivity index (χ2n) is 23.7. The van der Waals surface area contributed by atoms with E-state index in [0.29, 0.717) is 25.4 Å². The lowest BCUT2D eigenvalue weighted by Gasteiger charge is -2.70. The lowest BCUT2D eigenvalue weighted by Crippen LogP contribution is -2.68. The maximum Gasteiger partial charge on any atom is 0.303 e. The Morgan fingerprint density at radius 1 is 0.710 bits per heavy atom. The first-order valence-electron chi connectivity index (χ1n) is 25.2. The van der Waals surface area contributed by atoms with Crippen LogP contribution >= 0.6 is 0 Å². The molecule has 19 heteroatoms. The van der Waals surface area contributed by atoms with E-state index in [0.717, 1.165) is 51.0 Å². The van der Waals surface area contributed by atoms with Crippen molar-refractivity contribution in [2.75, 3.05) is 26.4 Å². The van der Waals surface area contributed by atoms with Crippen LogP contribution in [0.15, 0.2) is 11.6 Å². The molecule has 7 N–H and O–H groups in total. The smallest absolute Gasteiger partial charge is 0.303 e. The topological polar surface area (TPSA) is 268 Å². The first-order valence-corrected chi connectivity index (χ1v) is 25.2. The van der Waals surface area contributed by atoms with Crippen molar-refractivity contribution in [2.24, 2.45) is 45.3 Å². The zero-order valence-electron chi connectivity index (χ0n) is 41.6. The van der Waals surface area contributed by atoms with Crippen LogP contribution < -0.4 is 0 Å². The summed E-state index contributed by atoms with van der Waals surface area (Å²) in [5.41, 5.74) is -0.481. The Labute approximate surface area is 404 Å². The predicted molar refractivity (Wildman–Crippen MR) is 238 cm³/mol. The van der Waals surface area contributed by atoms with Gasteiger partial charge in [-0.15, -0.1) is 0 Å². The highest BCUT2D eigenvalue weighted by molar-refractivity contribution is 5.66. The molecule has 0 aromatic rings. The van der Waals surface area contributed by atoms with Crippen LogP contribution in [0.4, 0.5) is 0 Å². The molecular formula is C50H78O19. The lowest BCUT2D eigenvalue weighted by molar-refractivity contribution is -0.374. The highest BCUT2D eigenvalue weighted by atomic mass is 16.8. The van der Waals surface area contributed by atoms with E-state index in [9.17, 15) is 45.3 Å². The zero-order chi connectivity index (χ0) is 50.0. The Kier molecular flexibility index (Phi) is 13.9. The first-order chi connectivity index (χ1) is 32.3. The number of hydrogen-bond donors (Lipinski definition) is 7. The Balaban J connectivity index is 0.932. The molecule has 24 atom stereocenters. The molecule has 0 radical (unpaired) electrons. The molecule has 0 aromatic carbocycles. The van der Waals surface area contributed by atoms with E-state index in [1.165, 1.54) is 6.92 Å². The highest BCUT2D eigenvalue weighted by Crippen LogP contribution is 2.80. The maximum atomic E-state index is 12.8. The van der Waals surface area contributed by atoms with Crippen molar-refractivity contribution >= 4 is 11.9 Å². The minimum Gasteiger partial charge on any atom is -0.457 e. The van der Waals surface area contributed by atoms with E-state index in [1.54, 1.807) is 0 Å². The van der Waals surface area contributed by atoms with Crippen molar-refractivity contribution in [1.29, 1.82) is 0 Å². The third-order valence-electron chi connectivity index (χ3n) is 18.9. The first kappa shape index (κ1) is 52.0. The molecule has 5 saturated heterocycles. The normalized spacial score (nSPS) is 53.2. The number of rotatable bonds is 10. The number of ether oxygens (including phenoxy) is 10. The molecule has 0 unspecified atom stereocenters. The van der Waals surface area contributed by atoms with Gasteiger partial charge in [0, 0.05) is 38.0 Å². The van der Waals surface area contributed by atoms with Gasteiger partial charge in [0.25, 0.3) is 0 Å². The fourth-order valence-electron chi connectivity index (χ4n) is 16.2. The van der Waals surface area contributed by atoms with Gasteiger partial charge in [-0.1, -0.05) is 39.3 Å². The summed E-state index contributed by atoms with van der Waals surface area (Å²) in [6.45, 7) is 17.0. The molecule has 5 heterocycles. The predicted octanol–water partition coefficient (Wildman–Crippen LogP) is 1.75. The van der Waals surface area contributed by atoms with Gasteiger partial charge in [0.05, 0.1) is 44.2 Å². The third-order valence-corrected chi connectivity index (χ3v) is 18.9. The van der Waals surface area contributed by atoms with Crippen molar-refractivity contribution in [1.82, 2.24) is 0 Å². The molecule has 9 fully saturated rings. The average molecular weight is 983 g/mol. The van der Waals surface area contributed by atoms with Crippen LogP contribution in [0.5, 0.6) is 0 Å². The quantitative estimate of drug-likeness (QED) is 0.0934. The zero-order valence-corrected chi connectivity index (χ0v) is 41.6. The Bertz CT molecular complexity index is 1940. The van der Waals surface area contributed by atoms with Gasteiger partial charge in [-0.2, -0.15) is 0 Å². The van der Waals surface area contributed by atoms with Gasteiger partial charge in [-0.3, -0.25) is 9.59 Å². The van der Waals surface area contributed by atoms with E-state index in [1.807, 2.05) is 6.92 Å². The minimum absolute atomic E-state index is 0.0686. The minimum atomic E-state index is -1.86. The van der Waals surface area contributed by atoms with Gasteiger partial charge in [-0.25, -0.2) is 0 Å². The van der Waals surface area contributed by atoms with Crippen LogP contribution in [-0.4, -0.2) is 178 Å². The molecule has 4 aliphatic carbocycles. The van der Waals surface area contributed by atoms with Crippen LogP contribution in [0.2, 0.25) is 0 Å². The number of hydrogen-bond acceptors (Lipinski definition) is 19. The number of carbonyl (C=O) groups excluding carboxylic acids is 2. The second-order valence-corrected chi connectivity index (χ2v) is 23.7. The molecule has 2 bridgehead atoms. The van der Waals surface area contributed by atoms with Gasteiger partial charge in [0.15, 0.2) is 36.9 Å². The molecule has 4 saturated carbocycles. The summed E-state index contributed by atoms with van der Waals surface area (Å²) >= 11 is 0. The fraction of sp³-hybridized carbons (Fsp3) is 0.920. The summed E-state index contributed by atoms with van der Waals surface area (Å²) in [5, 5.41) is 77.0. The number of carbonyl (C=O) groups is 2. The number of aliphatic hydroxyl groups excluding tert-OH is 6. The van der Waals surface area contributed by atoms with Crippen LogP contribution in [0, 0.1) is 45.3 Å². The Hall–Kier alpha value is -1.92. The monoisotopic (exact) mass is 983 g/mol. The highest BCUT2D eigenvalue weighted by Gasteiger charge is 2.81. The molecule has 0 aromatic heterocycles. The largest absolute Gasteiger partial charge is 0.457 e. The van der Waals surface area contributed by atoms with E-state index in [2.05, 4.69) is 47.6 Å². The van der Waals surface area contributed by atoms with Crippen LogP contribution in [0.1, 0.15) is 114 Å². The van der Waals surface area contributed by atoms with E-state index in [-0.39, 0.29) is 52.8 Å². The molecule has 392 valence electrons. The van der Waals surface area contributed by atoms with Gasteiger partial charge in [0.2, 0.25) is 0 Å². The third kappa shape index (κ3) is 8.46.